The molecule has 1 aliphatic heterocycles. The second-order valence-electron chi connectivity index (χ2n) is 5.84. The van der Waals surface area contributed by atoms with Crippen LogP contribution in [0.15, 0.2) is 29.3 Å². The zero-order chi connectivity index (χ0) is 17.5. The quantitative estimate of drug-likeness (QED) is 0.640. The van der Waals surface area contributed by atoms with E-state index in [4.69, 9.17) is 11.6 Å². The summed E-state index contributed by atoms with van der Waals surface area (Å²) in [7, 11) is 1.76. The highest BCUT2D eigenvalue weighted by molar-refractivity contribution is 7.99. The number of halogens is 1. The fourth-order valence-electron chi connectivity index (χ4n) is 2.52. The number of hydrogen-bond acceptors (Lipinski definition) is 3. The Balaban J connectivity index is 1.89. The molecule has 0 radical (unpaired) electrons. The van der Waals surface area contributed by atoms with Crippen molar-refractivity contribution in [3.8, 4) is 0 Å². The topological polar surface area (TPSA) is 47.9 Å². The molecule has 1 unspecified atom stereocenters. The number of thioether (sulfide) groups is 1. The minimum Gasteiger partial charge on any atom is -0.355 e. The molecule has 0 aromatic heterocycles. The molecule has 1 atom stereocenters. The van der Waals surface area contributed by atoms with E-state index in [1.165, 1.54) is 0 Å². The highest BCUT2D eigenvalue weighted by Crippen LogP contribution is 2.13. The Labute approximate surface area is 153 Å². The van der Waals surface area contributed by atoms with E-state index in [9.17, 15) is 4.79 Å². The van der Waals surface area contributed by atoms with Gasteiger partial charge in [0.1, 0.15) is 0 Å². The highest BCUT2D eigenvalue weighted by Gasteiger charge is 2.26. The van der Waals surface area contributed by atoms with Gasteiger partial charge in [-0.05, 0) is 24.0 Å². The number of nitrogens with zero attached hydrogens (tertiary/aromatic N) is 3. The maximum atomic E-state index is 12.5. The summed E-state index contributed by atoms with van der Waals surface area (Å²) in [6.45, 7) is 5.47. The molecule has 0 aliphatic carbocycles. The van der Waals surface area contributed by atoms with Crippen molar-refractivity contribution in [2.24, 2.45) is 4.99 Å². The molecule has 132 valence electrons. The number of nitrogens with one attached hydrogen (secondary N) is 1. The van der Waals surface area contributed by atoms with E-state index in [1.807, 2.05) is 34.1 Å². The van der Waals surface area contributed by atoms with E-state index in [0.717, 1.165) is 24.6 Å². The summed E-state index contributed by atoms with van der Waals surface area (Å²) in [5, 5.41) is 4.57. The first-order valence-electron chi connectivity index (χ1n) is 8.04. The summed E-state index contributed by atoms with van der Waals surface area (Å²) in [6.07, 6.45) is 2.09. The number of carbonyl (C=O) groups is 1. The van der Waals surface area contributed by atoms with Gasteiger partial charge in [0.25, 0.3) is 0 Å². The maximum absolute atomic E-state index is 12.5. The van der Waals surface area contributed by atoms with Crippen LogP contribution in [-0.4, -0.2) is 66.4 Å². The van der Waals surface area contributed by atoms with Crippen molar-refractivity contribution >= 4 is 35.2 Å². The van der Waals surface area contributed by atoms with E-state index < -0.39 is 0 Å². The molecule has 1 aromatic rings. The van der Waals surface area contributed by atoms with Crippen molar-refractivity contribution in [3.05, 3.63) is 34.9 Å². The monoisotopic (exact) mass is 368 g/mol. The molecule has 1 fully saturated rings. The van der Waals surface area contributed by atoms with Crippen molar-refractivity contribution in [1.29, 1.82) is 0 Å². The third-order valence-electron chi connectivity index (χ3n) is 4.07. The summed E-state index contributed by atoms with van der Waals surface area (Å²) in [5.41, 5.74) is 1.09. The second kappa shape index (κ2) is 9.18. The Kier molecular flexibility index (Phi) is 7.24. The predicted octanol–water partition coefficient (Wildman–Crippen LogP) is 2.31. The van der Waals surface area contributed by atoms with Gasteiger partial charge < -0.3 is 15.1 Å². The largest absolute Gasteiger partial charge is 0.355 e. The number of rotatable bonds is 5. The van der Waals surface area contributed by atoms with E-state index in [2.05, 4.69) is 23.5 Å². The zero-order valence-corrected chi connectivity index (χ0v) is 16.0. The lowest BCUT2D eigenvalue weighted by Crippen LogP contribution is -2.55. The number of benzene rings is 1. The van der Waals surface area contributed by atoms with Gasteiger partial charge in [-0.25, -0.2) is 0 Å². The predicted molar refractivity (Wildman–Crippen MR) is 103 cm³/mol. The van der Waals surface area contributed by atoms with Crippen molar-refractivity contribution in [2.45, 2.75) is 18.7 Å². The van der Waals surface area contributed by atoms with Gasteiger partial charge in [0.2, 0.25) is 5.91 Å². The minimum atomic E-state index is 0.122. The van der Waals surface area contributed by atoms with Crippen LogP contribution in [0.2, 0.25) is 5.02 Å². The van der Waals surface area contributed by atoms with Gasteiger partial charge >= 0.3 is 0 Å². The molecule has 1 aromatic carbocycles. The molecule has 1 aliphatic rings. The normalized spacial score (nSPS) is 17.2. The Morgan fingerprint density at radius 3 is 2.67 bits per heavy atom. The lowest BCUT2D eigenvalue weighted by molar-refractivity contribution is -0.135. The third kappa shape index (κ3) is 5.31. The van der Waals surface area contributed by atoms with Crippen molar-refractivity contribution in [3.63, 3.8) is 0 Å². The molecule has 0 saturated carbocycles. The summed E-state index contributed by atoms with van der Waals surface area (Å²) < 4.78 is 0. The molecule has 0 bridgehead atoms. The Hall–Kier alpha value is -1.40. The van der Waals surface area contributed by atoms with Crippen LogP contribution in [0.25, 0.3) is 0 Å². The molecular formula is C17H25ClN4OS. The van der Waals surface area contributed by atoms with Gasteiger partial charge in [0.05, 0.1) is 6.54 Å². The molecule has 1 saturated heterocycles. The molecule has 1 amide bonds. The van der Waals surface area contributed by atoms with Crippen LogP contribution in [-0.2, 0) is 11.3 Å². The van der Waals surface area contributed by atoms with Gasteiger partial charge in [-0.15, -0.1) is 0 Å². The average Bonchev–Trinajstić information content (AvgIpc) is 2.59. The minimum absolute atomic E-state index is 0.122. The van der Waals surface area contributed by atoms with Crippen LogP contribution in [0.3, 0.4) is 0 Å². The molecular weight excluding hydrogens is 344 g/mol. The number of aliphatic imine (C=N–C) groups is 1. The molecule has 24 heavy (non-hydrogen) atoms. The van der Waals surface area contributed by atoms with Crippen LogP contribution >= 0.6 is 23.4 Å². The Morgan fingerprint density at radius 1 is 1.38 bits per heavy atom. The molecule has 2 rings (SSSR count). The molecule has 5 nitrogen and oxygen atoms in total. The average molecular weight is 369 g/mol. The smallest absolute Gasteiger partial charge is 0.242 e. The van der Waals surface area contributed by atoms with Crippen LogP contribution in [0.1, 0.15) is 12.5 Å². The fourth-order valence-corrected chi connectivity index (χ4v) is 2.89. The summed E-state index contributed by atoms with van der Waals surface area (Å²) in [5.74, 6) is 0.924. The van der Waals surface area contributed by atoms with Gasteiger partial charge in [-0.3, -0.25) is 9.79 Å². The first-order valence-corrected chi connectivity index (χ1v) is 9.70. The highest BCUT2D eigenvalue weighted by atomic mass is 35.5. The van der Waals surface area contributed by atoms with Crippen molar-refractivity contribution in [1.82, 2.24) is 15.1 Å². The fraction of sp³-hybridized carbons (Fsp3) is 0.529. The first-order chi connectivity index (χ1) is 11.5. The first kappa shape index (κ1) is 18.9. The van der Waals surface area contributed by atoms with Gasteiger partial charge in [-0.2, -0.15) is 11.8 Å². The molecule has 1 heterocycles. The zero-order valence-electron chi connectivity index (χ0n) is 14.5. The molecule has 1 N–H and O–H groups in total. The van der Waals surface area contributed by atoms with Gasteiger partial charge in [0, 0.05) is 43.5 Å². The lowest BCUT2D eigenvalue weighted by Gasteiger charge is -2.36. The van der Waals surface area contributed by atoms with Gasteiger partial charge in [-0.1, -0.05) is 30.7 Å². The second-order valence-corrected chi connectivity index (χ2v) is 7.55. The van der Waals surface area contributed by atoms with Crippen LogP contribution in [0.5, 0.6) is 0 Å². The van der Waals surface area contributed by atoms with Crippen LogP contribution in [0, 0.1) is 0 Å². The number of piperazine rings is 1. The summed E-state index contributed by atoms with van der Waals surface area (Å²) in [6, 6.07) is 7.64. The van der Waals surface area contributed by atoms with Crippen molar-refractivity contribution in [2.75, 3.05) is 39.5 Å². The Bertz CT molecular complexity index is 578. The SMILES string of the molecule is CN=C(NCC(C)SC)N1CCN(Cc2ccc(Cl)cc2)C(=O)C1. The van der Waals surface area contributed by atoms with Crippen LogP contribution < -0.4 is 5.32 Å². The number of guanidine groups is 1. The third-order valence-corrected chi connectivity index (χ3v) is 5.29. The van der Waals surface area contributed by atoms with E-state index in [1.54, 1.807) is 18.8 Å². The summed E-state index contributed by atoms with van der Waals surface area (Å²) in [4.78, 5) is 20.7. The van der Waals surface area contributed by atoms with Crippen molar-refractivity contribution < 1.29 is 4.79 Å². The van der Waals surface area contributed by atoms with E-state index in [-0.39, 0.29) is 5.91 Å². The molecule has 7 heteroatoms. The standard InChI is InChI=1S/C17H25ClN4OS/c1-13(24-3)10-20-17(19-2)22-9-8-21(16(23)12-22)11-14-4-6-15(18)7-5-14/h4-7,13H,8-12H2,1-3H3,(H,19,20). The maximum Gasteiger partial charge on any atom is 0.242 e. The summed E-state index contributed by atoms with van der Waals surface area (Å²) >= 11 is 7.71. The van der Waals surface area contributed by atoms with E-state index >= 15 is 0 Å². The van der Waals surface area contributed by atoms with E-state index in [0.29, 0.717) is 29.9 Å². The Morgan fingerprint density at radius 2 is 2.08 bits per heavy atom. The lowest BCUT2D eigenvalue weighted by atomic mass is 10.2. The number of hydrogen-bond donors (Lipinski definition) is 1. The molecule has 0 spiro atoms. The van der Waals surface area contributed by atoms with Gasteiger partial charge in [0.15, 0.2) is 5.96 Å². The number of amides is 1. The van der Waals surface area contributed by atoms with Crippen LogP contribution in [0.4, 0.5) is 0 Å². The number of carbonyl (C=O) groups excluding carboxylic acids is 1.